The number of hydrogen-bond donors (Lipinski definition) is 1. The van der Waals surface area contributed by atoms with Crippen LogP contribution in [0.15, 0.2) is 36.4 Å². The standard InChI is InChI=1S/C18H15F3O2/c19-18(20,21)8-7-11-5-6-14-13-4-2-1-3-12(13)9-16(14)15(11)10-17(22)23/h1-6H,7-10H2,(H,22,23). The van der Waals surface area contributed by atoms with Gasteiger partial charge in [0.1, 0.15) is 0 Å². The van der Waals surface area contributed by atoms with Crippen molar-refractivity contribution < 1.29 is 23.1 Å². The van der Waals surface area contributed by atoms with E-state index in [2.05, 4.69) is 0 Å². The van der Waals surface area contributed by atoms with Gasteiger partial charge in [0.25, 0.3) is 0 Å². The summed E-state index contributed by atoms with van der Waals surface area (Å²) in [5.74, 6) is -1.03. The lowest BCUT2D eigenvalue weighted by Gasteiger charge is -2.14. The first-order valence-electron chi connectivity index (χ1n) is 7.35. The molecular weight excluding hydrogens is 305 g/mol. The Morgan fingerprint density at radius 2 is 1.83 bits per heavy atom. The van der Waals surface area contributed by atoms with Crippen molar-refractivity contribution in [2.24, 2.45) is 0 Å². The summed E-state index contributed by atoms with van der Waals surface area (Å²) in [4.78, 5) is 11.2. The van der Waals surface area contributed by atoms with E-state index in [1.54, 1.807) is 6.07 Å². The number of rotatable bonds is 4. The summed E-state index contributed by atoms with van der Waals surface area (Å²) in [5.41, 5.74) is 4.94. The van der Waals surface area contributed by atoms with Crippen molar-refractivity contribution in [3.05, 3.63) is 58.7 Å². The van der Waals surface area contributed by atoms with Crippen LogP contribution in [-0.2, 0) is 24.1 Å². The number of carboxylic acid groups (broad SMARTS) is 1. The Labute approximate surface area is 131 Å². The van der Waals surface area contributed by atoms with Gasteiger partial charge in [0.15, 0.2) is 0 Å². The minimum absolute atomic E-state index is 0.185. The summed E-state index contributed by atoms with van der Waals surface area (Å²) in [7, 11) is 0. The third kappa shape index (κ3) is 3.23. The van der Waals surface area contributed by atoms with Gasteiger partial charge in [-0.15, -0.1) is 0 Å². The molecule has 2 aromatic rings. The molecule has 1 aliphatic rings. The molecule has 0 unspecified atom stereocenters. The molecule has 0 saturated heterocycles. The number of hydrogen-bond acceptors (Lipinski definition) is 1. The maximum Gasteiger partial charge on any atom is 0.389 e. The Morgan fingerprint density at radius 3 is 2.52 bits per heavy atom. The molecule has 0 atom stereocenters. The second kappa shape index (κ2) is 5.72. The highest BCUT2D eigenvalue weighted by atomic mass is 19.4. The van der Waals surface area contributed by atoms with Gasteiger partial charge in [0.05, 0.1) is 6.42 Å². The Morgan fingerprint density at radius 1 is 1.09 bits per heavy atom. The highest BCUT2D eigenvalue weighted by Gasteiger charge is 2.29. The van der Waals surface area contributed by atoms with Crippen LogP contribution in [0, 0.1) is 0 Å². The summed E-state index contributed by atoms with van der Waals surface area (Å²) in [6.45, 7) is 0. The molecule has 120 valence electrons. The number of aliphatic carboxylic acids is 1. The Bertz CT molecular complexity index is 763. The number of benzene rings is 2. The van der Waals surface area contributed by atoms with E-state index in [0.717, 1.165) is 22.3 Å². The van der Waals surface area contributed by atoms with Crippen LogP contribution >= 0.6 is 0 Å². The second-order valence-corrected chi connectivity index (χ2v) is 5.75. The van der Waals surface area contributed by atoms with Crippen molar-refractivity contribution in [1.82, 2.24) is 0 Å². The van der Waals surface area contributed by atoms with Gasteiger partial charge >= 0.3 is 12.1 Å². The molecule has 2 nitrogen and oxygen atoms in total. The van der Waals surface area contributed by atoms with E-state index >= 15 is 0 Å². The molecule has 0 heterocycles. The topological polar surface area (TPSA) is 37.3 Å². The van der Waals surface area contributed by atoms with Crippen molar-refractivity contribution >= 4 is 5.97 Å². The highest BCUT2D eigenvalue weighted by Crippen LogP contribution is 2.40. The molecule has 0 fully saturated rings. The first-order chi connectivity index (χ1) is 10.8. The van der Waals surface area contributed by atoms with Gasteiger partial charge < -0.3 is 5.11 Å². The molecule has 1 aliphatic carbocycles. The van der Waals surface area contributed by atoms with Crippen LogP contribution in [0.3, 0.4) is 0 Å². The summed E-state index contributed by atoms with van der Waals surface area (Å²) in [5, 5.41) is 9.15. The van der Waals surface area contributed by atoms with Crippen molar-refractivity contribution in [1.29, 1.82) is 0 Å². The van der Waals surface area contributed by atoms with Crippen molar-refractivity contribution in [2.45, 2.75) is 31.9 Å². The Kier molecular flexibility index (Phi) is 3.88. The molecule has 0 spiro atoms. The van der Waals surface area contributed by atoms with Gasteiger partial charge in [0.2, 0.25) is 0 Å². The van der Waals surface area contributed by atoms with Gasteiger partial charge in [-0.05, 0) is 46.2 Å². The molecule has 0 aromatic heterocycles. The van der Waals surface area contributed by atoms with Crippen molar-refractivity contribution in [3.8, 4) is 11.1 Å². The Balaban J connectivity index is 2.03. The van der Waals surface area contributed by atoms with E-state index in [4.69, 9.17) is 5.11 Å². The first-order valence-corrected chi connectivity index (χ1v) is 7.35. The van der Waals surface area contributed by atoms with Gasteiger partial charge in [-0.3, -0.25) is 4.79 Å². The lowest BCUT2D eigenvalue weighted by atomic mass is 9.91. The molecule has 1 N–H and O–H groups in total. The third-order valence-electron chi connectivity index (χ3n) is 4.21. The van der Waals surface area contributed by atoms with Crippen LogP contribution in [0.2, 0.25) is 0 Å². The van der Waals surface area contributed by atoms with Crippen molar-refractivity contribution in [3.63, 3.8) is 0 Å². The summed E-state index contributed by atoms with van der Waals surface area (Å²) >= 11 is 0. The molecule has 0 amide bonds. The predicted octanol–water partition coefficient (Wildman–Crippen LogP) is 4.38. The van der Waals surface area contributed by atoms with Gasteiger partial charge in [-0.2, -0.15) is 13.2 Å². The molecule has 0 saturated carbocycles. The zero-order chi connectivity index (χ0) is 16.6. The number of carbonyl (C=O) groups is 1. The van der Waals surface area contributed by atoms with Crippen LogP contribution < -0.4 is 0 Å². The number of halogens is 3. The lowest BCUT2D eigenvalue weighted by molar-refractivity contribution is -0.136. The molecule has 3 rings (SSSR count). The predicted molar refractivity (Wildman–Crippen MR) is 80.4 cm³/mol. The van der Waals surface area contributed by atoms with Crippen LogP contribution in [-0.4, -0.2) is 17.3 Å². The maximum absolute atomic E-state index is 12.5. The van der Waals surface area contributed by atoms with Gasteiger partial charge in [0, 0.05) is 6.42 Å². The van der Waals surface area contributed by atoms with E-state index in [1.807, 2.05) is 30.3 Å². The van der Waals surface area contributed by atoms with Crippen molar-refractivity contribution in [2.75, 3.05) is 0 Å². The fourth-order valence-electron chi connectivity index (χ4n) is 3.21. The molecule has 0 radical (unpaired) electrons. The minimum atomic E-state index is -4.25. The first kappa shape index (κ1) is 15.6. The number of carboxylic acids is 1. The van der Waals surface area contributed by atoms with E-state index in [0.29, 0.717) is 17.5 Å². The second-order valence-electron chi connectivity index (χ2n) is 5.75. The quantitative estimate of drug-likeness (QED) is 0.774. The molecular formula is C18H15F3O2. The largest absolute Gasteiger partial charge is 0.481 e. The highest BCUT2D eigenvalue weighted by molar-refractivity contribution is 5.81. The molecule has 5 heteroatoms. The van der Waals surface area contributed by atoms with E-state index in [1.165, 1.54) is 0 Å². The minimum Gasteiger partial charge on any atom is -0.481 e. The van der Waals surface area contributed by atoms with Crippen LogP contribution in [0.4, 0.5) is 13.2 Å². The van der Waals surface area contributed by atoms with E-state index < -0.39 is 18.6 Å². The number of alkyl halides is 3. The maximum atomic E-state index is 12.5. The number of fused-ring (bicyclic) bond motifs is 3. The molecule has 2 aromatic carbocycles. The van der Waals surface area contributed by atoms with Gasteiger partial charge in [-0.1, -0.05) is 36.4 Å². The van der Waals surface area contributed by atoms with E-state index in [9.17, 15) is 18.0 Å². The average molecular weight is 320 g/mol. The summed E-state index contributed by atoms with van der Waals surface area (Å²) in [6.07, 6.45) is -5.04. The molecule has 0 aliphatic heterocycles. The third-order valence-corrected chi connectivity index (χ3v) is 4.21. The summed E-state index contributed by atoms with van der Waals surface area (Å²) in [6, 6.07) is 11.2. The van der Waals surface area contributed by atoms with Crippen LogP contribution in [0.5, 0.6) is 0 Å². The molecule has 0 bridgehead atoms. The molecule has 23 heavy (non-hydrogen) atoms. The Hall–Kier alpha value is -2.30. The lowest BCUT2D eigenvalue weighted by Crippen LogP contribution is -2.12. The fraction of sp³-hybridized carbons (Fsp3) is 0.278. The monoisotopic (exact) mass is 320 g/mol. The smallest absolute Gasteiger partial charge is 0.389 e. The zero-order valence-electron chi connectivity index (χ0n) is 12.3. The van der Waals surface area contributed by atoms with E-state index in [-0.39, 0.29) is 12.8 Å². The summed E-state index contributed by atoms with van der Waals surface area (Å²) < 4.78 is 37.5. The van der Waals surface area contributed by atoms with Gasteiger partial charge in [-0.25, -0.2) is 0 Å². The average Bonchev–Trinajstić information content (AvgIpc) is 2.84. The SMILES string of the molecule is O=C(O)Cc1c(CCC(F)(F)F)ccc2c1Cc1ccccc1-2. The van der Waals surface area contributed by atoms with Crippen LogP contribution in [0.1, 0.15) is 28.7 Å². The number of aryl methyl sites for hydroxylation is 1. The zero-order valence-corrected chi connectivity index (χ0v) is 12.3. The fourth-order valence-corrected chi connectivity index (χ4v) is 3.21. The van der Waals surface area contributed by atoms with Crippen LogP contribution in [0.25, 0.3) is 11.1 Å². The normalized spacial score (nSPS) is 12.8.